The Morgan fingerprint density at radius 1 is 1.09 bits per heavy atom. The number of nitrogens with zero attached hydrogens (tertiary/aromatic N) is 4. The van der Waals surface area contributed by atoms with Gasteiger partial charge in [-0.2, -0.15) is 5.21 Å². The number of urea groups is 1. The van der Waals surface area contributed by atoms with Crippen molar-refractivity contribution in [1.82, 2.24) is 25.5 Å². The average Bonchev–Trinajstić information content (AvgIpc) is 3.34. The predicted molar refractivity (Wildman–Crippen MR) is 125 cm³/mol. The molecule has 2 heterocycles. The van der Waals surface area contributed by atoms with Crippen LogP contribution in [-0.2, 0) is 4.74 Å². The Hall–Kier alpha value is -2.97. The number of carbonyl (C=O) groups is 2. The number of piperidine rings is 1. The zero-order valence-corrected chi connectivity index (χ0v) is 19.8. The average molecular weight is 455 g/mol. The van der Waals surface area contributed by atoms with Gasteiger partial charge in [-0.15, -0.1) is 10.2 Å². The number of rotatable bonds is 4. The number of aromatic nitrogens is 4. The van der Waals surface area contributed by atoms with Crippen molar-refractivity contribution in [2.24, 2.45) is 11.3 Å². The third-order valence-electron chi connectivity index (χ3n) is 6.91. The normalized spacial score (nSPS) is 18.2. The molecule has 2 amide bonds. The molecule has 9 nitrogen and oxygen atoms in total. The fourth-order valence-electron chi connectivity index (χ4n) is 4.81. The van der Waals surface area contributed by atoms with Crippen LogP contribution in [0, 0.1) is 11.3 Å². The van der Waals surface area contributed by atoms with Gasteiger partial charge in [0, 0.05) is 24.3 Å². The number of hydrogen-bond acceptors (Lipinski definition) is 6. The third kappa shape index (κ3) is 5.69. The standard InChI is InChI=1S/C24H34N6O3/c1-24(2,3)16-11-13-30(14-12-16)23(32)25-17-9-10-19(20(15-17)21-26-28-29-27-21)22(31)33-18-7-5-4-6-8-18/h9-10,15-16,18H,4-8,11-14H2,1-3H3,(H,25,32)(H,26,27,28,29). The van der Waals surface area contributed by atoms with Gasteiger partial charge in [0.1, 0.15) is 6.10 Å². The van der Waals surface area contributed by atoms with Crippen molar-refractivity contribution in [1.29, 1.82) is 0 Å². The van der Waals surface area contributed by atoms with E-state index in [-0.39, 0.29) is 23.4 Å². The Morgan fingerprint density at radius 2 is 1.82 bits per heavy atom. The molecule has 1 aromatic carbocycles. The fraction of sp³-hybridized carbons (Fsp3) is 0.625. The number of amides is 2. The Kier molecular flexibility index (Phi) is 6.95. The maximum absolute atomic E-state index is 12.9. The summed E-state index contributed by atoms with van der Waals surface area (Å²) in [6.45, 7) is 8.24. The summed E-state index contributed by atoms with van der Waals surface area (Å²) in [7, 11) is 0. The van der Waals surface area contributed by atoms with Gasteiger partial charge in [0.25, 0.3) is 0 Å². The predicted octanol–water partition coefficient (Wildman–Crippen LogP) is 4.65. The molecule has 1 aromatic heterocycles. The van der Waals surface area contributed by atoms with E-state index in [0.29, 0.717) is 22.7 Å². The Labute approximate surface area is 194 Å². The van der Waals surface area contributed by atoms with Crippen LogP contribution in [0.25, 0.3) is 11.4 Å². The van der Waals surface area contributed by atoms with Crippen LogP contribution in [0.5, 0.6) is 0 Å². The van der Waals surface area contributed by atoms with Crippen LogP contribution >= 0.6 is 0 Å². The van der Waals surface area contributed by atoms with Gasteiger partial charge < -0.3 is 15.0 Å². The highest BCUT2D eigenvalue weighted by Gasteiger charge is 2.30. The van der Waals surface area contributed by atoms with E-state index in [1.807, 2.05) is 4.90 Å². The molecule has 1 aliphatic heterocycles. The van der Waals surface area contributed by atoms with Crippen LogP contribution in [-0.4, -0.2) is 56.7 Å². The number of ether oxygens (including phenoxy) is 1. The van der Waals surface area contributed by atoms with E-state index in [9.17, 15) is 9.59 Å². The summed E-state index contributed by atoms with van der Waals surface area (Å²) in [5.74, 6) is 0.498. The van der Waals surface area contributed by atoms with Crippen molar-refractivity contribution in [3.63, 3.8) is 0 Å². The lowest BCUT2D eigenvalue weighted by Gasteiger charge is -2.38. The van der Waals surface area contributed by atoms with E-state index in [1.54, 1.807) is 18.2 Å². The van der Waals surface area contributed by atoms with E-state index < -0.39 is 5.97 Å². The molecule has 0 radical (unpaired) electrons. The van der Waals surface area contributed by atoms with Crippen LogP contribution in [0.2, 0.25) is 0 Å². The second-order valence-electron chi connectivity index (χ2n) is 10.2. The summed E-state index contributed by atoms with van der Waals surface area (Å²) in [6.07, 6.45) is 7.06. The molecule has 33 heavy (non-hydrogen) atoms. The summed E-state index contributed by atoms with van der Waals surface area (Å²) < 4.78 is 5.75. The van der Waals surface area contributed by atoms with E-state index in [4.69, 9.17) is 4.74 Å². The number of benzene rings is 1. The minimum Gasteiger partial charge on any atom is -0.459 e. The molecule has 2 fully saturated rings. The summed E-state index contributed by atoms with van der Waals surface area (Å²) in [5.41, 5.74) is 1.68. The number of H-pyrrole nitrogens is 1. The second-order valence-corrected chi connectivity index (χ2v) is 10.2. The Balaban J connectivity index is 1.46. The molecule has 1 saturated carbocycles. The van der Waals surface area contributed by atoms with Gasteiger partial charge in [0.2, 0.25) is 5.82 Å². The first-order valence-corrected chi connectivity index (χ1v) is 12.0. The van der Waals surface area contributed by atoms with Gasteiger partial charge in [-0.05, 0) is 73.3 Å². The molecule has 2 aromatic rings. The van der Waals surface area contributed by atoms with Gasteiger partial charge in [-0.3, -0.25) is 0 Å². The SMILES string of the molecule is CC(C)(C)C1CCN(C(=O)Nc2ccc(C(=O)OC3CCCCC3)c(-c3nn[nH]n3)c2)CC1. The molecule has 2 aliphatic rings. The monoisotopic (exact) mass is 454 g/mol. The summed E-state index contributed by atoms with van der Waals surface area (Å²) in [5, 5.41) is 17.1. The number of carbonyl (C=O) groups excluding carboxylic acids is 2. The topological polar surface area (TPSA) is 113 Å². The highest BCUT2D eigenvalue weighted by atomic mass is 16.5. The van der Waals surface area contributed by atoms with E-state index >= 15 is 0 Å². The first kappa shape index (κ1) is 23.2. The number of likely N-dealkylation sites (tertiary alicyclic amines) is 1. The summed E-state index contributed by atoms with van der Waals surface area (Å²) >= 11 is 0. The Bertz CT molecular complexity index is 955. The van der Waals surface area contributed by atoms with E-state index in [0.717, 1.165) is 51.6 Å². The molecular weight excluding hydrogens is 420 g/mol. The first-order chi connectivity index (χ1) is 15.8. The molecule has 0 spiro atoms. The lowest BCUT2D eigenvalue weighted by molar-refractivity contribution is 0.0212. The molecular formula is C24H34N6O3. The number of nitrogens with one attached hydrogen (secondary N) is 2. The second kappa shape index (κ2) is 9.89. The summed E-state index contributed by atoms with van der Waals surface area (Å²) in [6, 6.07) is 4.96. The van der Waals surface area contributed by atoms with Crippen molar-refractivity contribution in [2.45, 2.75) is 71.8 Å². The maximum Gasteiger partial charge on any atom is 0.339 e. The minimum atomic E-state index is -0.399. The lowest BCUT2D eigenvalue weighted by Crippen LogP contribution is -2.43. The number of esters is 1. The van der Waals surface area contributed by atoms with Crippen molar-refractivity contribution in [3.8, 4) is 11.4 Å². The van der Waals surface area contributed by atoms with Crippen LogP contribution in [0.4, 0.5) is 10.5 Å². The molecule has 0 bridgehead atoms. The van der Waals surface area contributed by atoms with Crippen molar-refractivity contribution < 1.29 is 14.3 Å². The van der Waals surface area contributed by atoms with Crippen molar-refractivity contribution >= 4 is 17.7 Å². The smallest absolute Gasteiger partial charge is 0.339 e. The van der Waals surface area contributed by atoms with Gasteiger partial charge in [-0.25, -0.2) is 9.59 Å². The van der Waals surface area contributed by atoms with Crippen LogP contribution in [0.1, 0.15) is 76.1 Å². The van der Waals surface area contributed by atoms with Crippen LogP contribution in [0.15, 0.2) is 18.2 Å². The van der Waals surface area contributed by atoms with Crippen LogP contribution in [0.3, 0.4) is 0 Å². The lowest BCUT2D eigenvalue weighted by atomic mass is 9.75. The minimum absolute atomic E-state index is 0.0558. The molecule has 9 heteroatoms. The molecule has 0 atom stereocenters. The quantitative estimate of drug-likeness (QED) is 0.651. The van der Waals surface area contributed by atoms with Crippen molar-refractivity contribution in [2.75, 3.05) is 18.4 Å². The molecule has 1 aliphatic carbocycles. The van der Waals surface area contributed by atoms with Gasteiger partial charge in [-0.1, -0.05) is 27.2 Å². The fourth-order valence-corrected chi connectivity index (χ4v) is 4.81. The maximum atomic E-state index is 12.9. The number of hydrogen-bond donors (Lipinski definition) is 2. The van der Waals surface area contributed by atoms with Gasteiger partial charge in [0.15, 0.2) is 0 Å². The molecule has 178 valence electrons. The number of anilines is 1. The third-order valence-corrected chi connectivity index (χ3v) is 6.91. The molecule has 4 rings (SSSR count). The Morgan fingerprint density at radius 3 is 2.45 bits per heavy atom. The molecule has 2 N–H and O–H groups in total. The van der Waals surface area contributed by atoms with Gasteiger partial charge in [0.05, 0.1) is 5.56 Å². The molecule has 1 saturated heterocycles. The van der Waals surface area contributed by atoms with E-state index in [2.05, 4.69) is 46.7 Å². The number of aromatic amines is 1. The van der Waals surface area contributed by atoms with E-state index in [1.165, 1.54) is 6.42 Å². The zero-order valence-electron chi connectivity index (χ0n) is 19.8. The largest absolute Gasteiger partial charge is 0.459 e. The van der Waals surface area contributed by atoms with Crippen LogP contribution < -0.4 is 5.32 Å². The molecule has 0 unspecified atom stereocenters. The number of tetrazole rings is 1. The highest BCUT2D eigenvalue weighted by molar-refractivity contribution is 5.98. The van der Waals surface area contributed by atoms with Crippen molar-refractivity contribution in [3.05, 3.63) is 23.8 Å². The first-order valence-electron chi connectivity index (χ1n) is 12.0. The van der Waals surface area contributed by atoms with Gasteiger partial charge >= 0.3 is 12.0 Å². The zero-order chi connectivity index (χ0) is 23.4. The highest BCUT2D eigenvalue weighted by Crippen LogP contribution is 2.34. The summed E-state index contributed by atoms with van der Waals surface area (Å²) in [4.78, 5) is 27.6.